The predicted octanol–water partition coefficient (Wildman–Crippen LogP) is 2.37. The summed E-state index contributed by atoms with van der Waals surface area (Å²) in [6, 6.07) is 10.4. The molecule has 0 bridgehead atoms. The molecular formula is C18H19N3O3. The van der Waals surface area contributed by atoms with Crippen LogP contribution in [0.1, 0.15) is 27.6 Å². The standard InChI is InChI=1S/C18H19N3O3/c1-13(22)14-2-5-16(6-3-14)20-18(23)15-4-7-17(19-12-15)21-8-10-24-11-9-21/h2-7,12H,8-11H2,1H3,(H,20,23). The summed E-state index contributed by atoms with van der Waals surface area (Å²) in [7, 11) is 0. The molecule has 1 saturated heterocycles. The van der Waals surface area contributed by atoms with Crippen LogP contribution in [-0.4, -0.2) is 43.0 Å². The van der Waals surface area contributed by atoms with Gasteiger partial charge in [-0.3, -0.25) is 9.59 Å². The Bertz CT molecular complexity index is 720. The Morgan fingerprint density at radius 2 is 1.71 bits per heavy atom. The lowest BCUT2D eigenvalue weighted by atomic mass is 10.1. The fourth-order valence-electron chi connectivity index (χ4n) is 2.49. The molecule has 0 aliphatic carbocycles. The number of ether oxygens (including phenoxy) is 1. The molecule has 0 spiro atoms. The SMILES string of the molecule is CC(=O)c1ccc(NC(=O)c2ccc(N3CCOCC3)nc2)cc1. The van der Waals surface area contributed by atoms with E-state index >= 15 is 0 Å². The zero-order chi connectivity index (χ0) is 16.9. The predicted molar refractivity (Wildman–Crippen MR) is 91.7 cm³/mol. The first-order chi connectivity index (χ1) is 11.6. The van der Waals surface area contributed by atoms with Gasteiger partial charge >= 0.3 is 0 Å². The van der Waals surface area contributed by atoms with E-state index in [1.165, 1.54) is 6.92 Å². The van der Waals surface area contributed by atoms with Gasteiger partial charge in [0.2, 0.25) is 0 Å². The first kappa shape index (κ1) is 16.1. The summed E-state index contributed by atoms with van der Waals surface area (Å²) in [5.41, 5.74) is 1.74. The molecule has 1 aromatic heterocycles. The number of hydrogen-bond donors (Lipinski definition) is 1. The summed E-state index contributed by atoms with van der Waals surface area (Å²) < 4.78 is 5.32. The van der Waals surface area contributed by atoms with E-state index in [0.717, 1.165) is 18.9 Å². The second kappa shape index (κ2) is 7.23. The van der Waals surface area contributed by atoms with Crippen LogP contribution < -0.4 is 10.2 Å². The third-order valence-corrected chi connectivity index (χ3v) is 3.89. The maximum absolute atomic E-state index is 12.3. The van der Waals surface area contributed by atoms with Gasteiger partial charge in [-0.05, 0) is 43.3 Å². The van der Waals surface area contributed by atoms with E-state index in [2.05, 4.69) is 15.2 Å². The van der Waals surface area contributed by atoms with E-state index in [1.807, 2.05) is 6.07 Å². The van der Waals surface area contributed by atoms with Crippen LogP contribution in [0.4, 0.5) is 11.5 Å². The number of benzene rings is 1. The summed E-state index contributed by atoms with van der Waals surface area (Å²) >= 11 is 0. The Kier molecular flexibility index (Phi) is 4.86. The number of pyridine rings is 1. The van der Waals surface area contributed by atoms with Crippen molar-refractivity contribution in [2.75, 3.05) is 36.5 Å². The van der Waals surface area contributed by atoms with Gasteiger partial charge in [0.25, 0.3) is 5.91 Å². The first-order valence-corrected chi connectivity index (χ1v) is 7.84. The number of anilines is 2. The van der Waals surface area contributed by atoms with Crippen molar-refractivity contribution in [2.45, 2.75) is 6.92 Å². The molecule has 6 nitrogen and oxygen atoms in total. The highest BCUT2D eigenvalue weighted by molar-refractivity contribution is 6.04. The number of morpholine rings is 1. The van der Waals surface area contributed by atoms with Crippen LogP contribution in [0, 0.1) is 0 Å². The lowest BCUT2D eigenvalue weighted by Crippen LogP contribution is -2.36. The quantitative estimate of drug-likeness (QED) is 0.874. The first-order valence-electron chi connectivity index (χ1n) is 7.84. The summed E-state index contributed by atoms with van der Waals surface area (Å²) in [5.74, 6) is 0.614. The molecule has 1 N–H and O–H groups in total. The van der Waals surface area contributed by atoms with Crippen molar-refractivity contribution in [1.29, 1.82) is 0 Å². The van der Waals surface area contributed by atoms with E-state index in [0.29, 0.717) is 30.0 Å². The van der Waals surface area contributed by atoms with Crippen molar-refractivity contribution in [3.8, 4) is 0 Å². The van der Waals surface area contributed by atoms with Crippen molar-refractivity contribution in [3.05, 3.63) is 53.7 Å². The highest BCUT2D eigenvalue weighted by Crippen LogP contribution is 2.15. The fourth-order valence-corrected chi connectivity index (χ4v) is 2.49. The number of carbonyl (C=O) groups is 2. The molecule has 0 radical (unpaired) electrons. The van der Waals surface area contributed by atoms with Crippen LogP contribution in [0.5, 0.6) is 0 Å². The van der Waals surface area contributed by atoms with Gasteiger partial charge in [0.15, 0.2) is 5.78 Å². The van der Waals surface area contributed by atoms with E-state index in [1.54, 1.807) is 36.5 Å². The Hall–Kier alpha value is -2.73. The zero-order valence-electron chi connectivity index (χ0n) is 13.5. The minimum absolute atomic E-state index is 0.00391. The lowest BCUT2D eigenvalue weighted by Gasteiger charge is -2.27. The van der Waals surface area contributed by atoms with E-state index in [-0.39, 0.29) is 11.7 Å². The zero-order valence-corrected chi connectivity index (χ0v) is 13.5. The summed E-state index contributed by atoms with van der Waals surface area (Å²) in [6.07, 6.45) is 1.57. The second-order valence-corrected chi connectivity index (χ2v) is 5.59. The number of nitrogens with one attached hydrogen (secondary N) is 1. The second-order valence-electron chi connectivity index (χ2n) is 5.59. The molecule has 2 heterocycles. The van der Waals surface area contributed by atoms with Crippen LogP contribution in [0.15, 0.2) is 42.6 Å². The number of rotatable bonds is 4. The normalized spacial score (nSPS) is 14.3. The smallest absolute Gasteiger partial charge is 0.257 e. The third-order valence-electron chi connectivity index (χ3n) is 3.89. The topological polar surface area (TPSA) is 71.5 Å². The number of hydrogen-bond acceptors (Lipinski definition) is 5. The van der Waals surface area contributed by atoms with Crippen LogP contribution in [0.3, 0.4) is 0 Å². The van der Waals surface area contributed by atoms with Gasteiger partial charge in [-0.2, -0.15) is 0 Å². The number of Topliss-reactive ketones (excluding diaryl/α,β-unsaturated/α-hetero) is 1. The number of aromatic nitrogens is 1. The Morgan fingerprint density at radius 3 is 2.29 bits per heavy atom. The molecule has 1 fully saturated rings. The summed E-state index contributed by atoms with van der Waals surface area (Å²) in [5, 5.41) is 2.80. The molecule has 124 valence electrons. The number of carbonyl (C=O) groups excluding carboxylic acids is 2. The van der Waals surface area contributed by atoms with Crippen molar-refractivity contribution >= 4 is 23.2 Å². The average Bonchev–Trinajstić information content (AvgIpc) is 2.63. The molecule has 2 aromatic rings. The van der Waals surface area contributed by atoms with Gasteiger partial charge in [-0.1, -0.05) is 0 Å². The number of amides is 1. The van der Waals surface area contributed by atoms with Crippen molar-refractivity contribution in [1.82, 2.24) is 4.98 Å². The minimum Gasteiger partial charge on any atom is -0.378 e. The molecule has 6 heteroatoms. The molecule has 24 heavy (non-hydrogen) atoms. The monoisotopic (exact) mass is 325 g/mol. The third kappa shape index (κ3) is 3.78. The average molecular weight is 325 g/mol. The molecule has 0 unspecified atom stereocenters. The largest absolute Gasteiger partial charge is 0.378 e. The lowest BCUT2D eigenvalue weighted by molar-refractivity contribution is 0.101. The van der Waals surface area contributed by atoms with Gasteiger partial charge in [0.1, 0.15) is 5.82 Å². The van der Waals surface area contributed by atoms with E-state index in [4.69, 9.17) is 4.74 Å². The Morgan fingerprint density at radius 1 is 1.04 bits per heavy atom. The molecule has 1 aliphatic heterocycles. The molecule has 3 rings (SSSR count). The van der Waals surface area contributed by atoms with Crippen molar-refractivity contribution in [3.63, 3.8) is 0 Å². The van der Waals surface area contributed by atoms with Gasteiger partial charge in [-0.15, -0.1) is 0 Å². The molecule has 0 atom stereocenters. The fraction of sp³-hybridized carbons (Fsp3) is 0.278. The van der Waals surface area contributed by atoms with Crippen LogP contribution in [-0.2, 0) is 4.74 Å². The molecule has 1 amide bonds. The Labute approximate surface area is 140 Å². The number of ketones is 1. The highest BCUT2D eigenvalue weighted by atomic mass is 16.5. The van der Waals surface area contributed by atoms with Gasteiger partial charge in [0.05, 0.1) is 18.8 Å². The van der Waals surface area contributed by atoms with E-state index < -0.39 is 0 Å². The van der Waals surface area contributed by atoms with E-state index in [9.17, 15) is 9.59 Å². The maximum atomic E-state index is 12.3. The maximum Gasteiger partial charge on any atom is 0.257 e. The molecule has 1 aliphatic rings. The van der Waals surface area contributed by atoms with Crippen LogP contribution in [0.2, 0.25) is 0 Å². The van der Waals surface area contributed by atoms with Crippen molar-refractivity contribution < 1.29 is 14.3 Å². The molecule has 1 aromatic carbocycles. The molecule has 0 saturated carbocycles. The highest BCUT2D eigenvalue weighted by Gasteiger charge is 2.13. The molecular weight excluding hydrogens is 306 g/mol. The van der Waals surface area contributed by atoms with Gasteiger partial charge in [0, 0.05) is 30.5 Å². The minimum atomic E-state index is -0.230. The van der Waals surface area contributed by atoms with Crippen molar-refractivity contribution in [2.24, 2.45) is 0 Å². The van der Waals surface area contributed by atoms with Crippen LogP contribution in [0.25, 0.3) is 0 Å². The van der Waals surface area contributed by atoms with Crippen LogP contribution >= 0.6 is 0 Å². The summed E-state index contributed by atoms with van der Waals surface area (Å²) in [6.45, 7) is 4.51. The Balaban J connectivity index is 1.65. The number of nitrogens with zero attached hydrogens (tertiary/aromatic N) is 2. The summed E-state index contributed by atoms with van der Waals surface area (Å²) in [4.78, 5) is 30.0. The van der Waals surface area contributed by atoms with Gasteiger partial charge < -0.3 is 15.0 Å². The van der Waals surface area contributed by atoms with Gasteiger partial charge in [-0.25, -0.2) is 4.98 Å².